The smallest absolute Gasteiger partial charge is 0.0778 e. The number of thiocarbonyl (C=S) groups is 1. The molecule has 0 atom stereocenters. The Kier molecular flexibility index (Phi) is 12.4. The minimum Gasteiger partial charge on any atom is -0.127 e. The summed E-state index contributed by atoms with van der Waals surface area (Å²) >= 11 is 12.3. The Balaban J connectivity index is 0.000000366. The molecule has 1 aromatic rings. The van der Waals surface area contributed by atoms with Gasteiger partial charge < -0.3 is 0 Å². The second-order valence-electron chi connectivity index (χ2n) is 3.48. The van der Waals surface area contributed by atoms with Crippen LogP contribution in [0, 0.1) is 0 Å². The molecule has 0 unspecified atom stereocenters. The lowest BCUT2D eigenvalue weighted by molar-refractivity contribution is 0.776. The molecular weight excluding hydrogens is 268 g/mol. The SMILES string of the molecule is CCCCCCl.CCSC(=S)c1ccccc1. The fourth-order valence-electron chi connectivity index (χ4n) is 1.13. The van der Waals surface area contributed by atoms with E-state index in [4.69, 9.17) is 23.8 Å². The first-order chi connectivity index (χ1) is 8.26. The maximum atomic E-state index is 5.38. The van der Waals surface area contributed by atoms with Gasteiger partial charge in [-0.15, -0.1) is 23.4 Å². The Labute approximate surface area is 120 Å². The molecule has 0 aliphatic heterocycles. The first-order valence-electron chi connectivity index (χ1n) is 6.04. The maximum Gasteiger partial charge on any atom is 0.0778 e. The zero-order valence-corrected chi connectivity index (χ0v) is 13.0. The fourth-order valence-corrected chi connectivity index (χ4v) is 2.38. The van der Waals surface area contributed by atoms with Crippen molar-refractivity contribution in [2.75, 3.05) is 11.6 Å². The van der Waals surface area contributed by atoms with Gasteiger partial charge in [-0.2, -0.15) is 0 Å². The summed E-state index contributed by atoms with van der Waals surface area (Å²) in [5.41, 5.74) is 1.16. The molecule has 0 aromatic heterocycles. The van der Waals surface area contributed by atoms with Gasteiger partial charge in [0.05, 0.1) is 4.20 Å². The van der Waals surface area contributed by atoms with Gasteiger partial charge in [-0.1, -0.05) is 69.2 Å². The molecule has 0 nitrogen and oxygen atoms in total. The van der Waals surface area contributed by atoms with Gasteiger partial charge in [-0.25, -0.2) is 0 Å². The monoisotopic (exact) mass is 288 g/mol. The topological polar surface area (TPSA) is 0 Å². The molecule has 1 aromatic carbocycles. The molecule has 1 rings (SSSR count). The van der Waals surface area contributed by atoms with Crippen LogP contribution in [0.25, 0.3) is 0 Å². The third-order valence-electron chi connectivity index (χ3n) is 2.02. The Morgan fingerprint density at radius 2 is 1.82 bits per heavy atom. The number of benzene rings is 1. The second kappa shape index (κ2) is 12.4. The van der Waals surface area contributed by atoms with Gasteiger partial charge in [-0.3, -0.25) is 0 Å². The van der Waals surface area contributed by atoms with E-state index < -0.39 is 0 Å². The van der Waals surface area contributed by atoms with Crippen LogP contribution in [0.3, 0.4) is 0 Å². The lowest BCUT2D eigenvalue weighted by Gasteiger charge is -1.99. The average molecular weight is 289 g/mol. The summed E-state index contributed by atoms with van der Waals surface area (Å²) in [5.74, 6) is 1.88. The minimum atomic E-state index is 0.827. The van der Waals surface area contributed by atoms with Gasteiger partial charge in [-0.05, 0) is 17.7 Å². The molecule has 0 saturated heterocycles. The van der Waals surface area contributed by atoms with Crippen LogP contribution in [-0.2, 0) is 0 Å². The largest absolute Gasteiger partial charge is 0.127 e. The highest BCUT2D eigenvalue weighted by Gasteiger charge is 1.97. The lowest BCUT2D eigenvalue weighted by Crippen LogP contribution is -1.90. The molecule has 0 amide bonds. The van der Waals surface area contributed by atoms with Crippen molar-refractivity contribution in [2.24, 2.45) is 0 Å². The summed E-state index contributed by atoms with van der Waals surface area (Å²) in [4.78, 5) is 0. The van der Waals surface area contributed by atoms with Gasteiger partial charge in [0.1, 0.15) is 0 Å². The van der Waals surface area contributed by atoms with E-state index >= 15 is 0 Å². The summed E-state index contributed by atoms with van der Waals surface area (Å²) in [6.45, 7) is 4.28. The van der Waals surface area contributed by atoms with Gasteiger partial charge in [0, 0.05) is 5.88 Å². The summed E-state index contributed by atoms with van der Waals surface area (Å²) in [6, 6.07) is 10.1. The van der Waals surface area contributed by atoms with Crippen molar-refractivity contribution >= 4 is 39.8 Å². The van der Waals surface area contributed by atoms with Gasteiger partial charge in [0.15, 0.2) is 0 Å². The highest BCUT2D eigenvalue weighted by molar-refractivity contribution is 8.23. The van der Waals surface area contributed by atoms with Crippen molar-refractivity contribution in [3.8, 4) is 0 Å². The first kappa shape index (κ1) is 16.9. The number of unbranched alkanes of at least 4 members (excludes halogenated alkanes) is 2. The van der Waals surface area contributed by atoms with E-state index in [1.807, 2.05) is 30.3 Å². The zero-order valence-electron chi connectivity index (χ0n) is 10.6. The quantitative estimate of drug-likeness (QED) is 0.397. The number of halogens is 1. The Morgan fingerprint density at radius 3 is 2.24 bits per heavy atom. The Bertz CT molecular complexity index is 282. The fraction of sp³-hybridized carbons (Fsp3) is 0.500. The summed E-state index contributed by atoms with van der Waals surface area (Å²) < 4.78 is 0.994. The van der Waals surface area contributed by atoms with Crippen molar-refractivity contribution in [3.05, 3.63) is 35.9 Å². The molecule has 0 aliphatic carbocycles. The van der Waals surface area contributed by atoms with Crippen LogP contribution in [0.4, 0.5) is 0 Å². The van der Waals surface area contributed by atoms with E-state index in [9.17, 15) is 0 Å². The molecule has 0 radical (unpaired) electrons. The molecule has 3 heteroatoms. The second-order valence-corrected chi connectivity index (χ2v) is 5.80. The van der Waals surface area contributed by atoms with Crippen LogP contribution in [0.15, 0.2) is 30.3 Å². The van der Waals surface area contributed by atoms with Crippen molar-refractivity contribution in [1.82, 2.24) is 0 Å². The van der Waals surface area contributed by atoms with Crippen molar-refractivity contribution in [1.29, 1.82) is 0 Å². The van der Waals surface area contributed by atoms with Gasteiger partial charge in [0.25, 0.3) is 0 Å². The molecule has 0 N–H and O–H groups in total. The van der Waals surface area contributed by atoms with E-state index in [1.54, 1.807) is 11.8 Å². The van der Waals surface area contributed by atoms with Crippen LogP contribution in [-0.4, -0.2) is 15.8 Å². The number of hydrogen-bond acceptors (Lipinski definition) is 2. The van der Waals surface area contributed by atoms with Crippen LogP contribution in [0.1, 0.15) is 38.7 Å². The molecule has 0 fully saturated rings. The molecule has 0 saturated carbocycles. The number of rotatable bonds is 5. The Hall–Kier alpha value is -0.0500. The highest BCUT2D eigenvalue weighted by Crippen LogP contribution is 2.12. The third-order valence-corrected chi connectivity index (χ3v) is 3.67. The van der Waals surface area contributed by atoms with E-state index in [2.05, 4.69) is 13.8 Å². The molecule has 17 heavy (non-hydrogen) atoms. The van der Waals surface area contributed by atoms with Crippen LogP contribution >= 0.6 is 35.6 Å². The standard InChI is InChI=1S/C9H10S2.C5H11Cl/c1-2-11-9(10)8-6-4-3-5-7-8;1-2-3-4-5-6/h3-7H,2H2,1H3;2-5H2,1H3. The van der Waals surface area contributed by atoms with Gasteiger partial charge >= 0.3 is 0 Å². The third kappa shape index (κ3) is 9.63. The van der Waals surface area contributed by atoms with Crippen LogP contribution in [0.5, 0.6) is 0 Å². The van der Waals surface area contributed by atoms with Crippen molar-refractivity contribution in [2.45, 2.75) is 33.1 Å². The van der Waals surface area contributed by atoms with E-state index in [1.165, 1.54) is 19.3 Å². The summed E-state index contributed by atoms with van der Waals surface area (Å²) in [6.07, 6.45) is 3.73. The number of thioether (sulfide) groups is 1. The van der Waals surface area contributed by atoms with Crippen LogP contribution in [0.2, 0.25) is 0 Å². The minimum absolute atomic E-state index is 0.827. The Morgan fingerprint density at radius 1 is 1.18 bits per heavy atom. The molecule has 96 valence electrons. The number of alkyl halides is 1. The van der Waals surface area contributed by atoms with Crippen LogP contribution < -0.4 is 0 Å². The predicted octanol–water partition coefficient (Wildman–Crippen LogP) is 5.53. The predicted molar refractivity (Wildman–Crippen MR) is 86.5 cm³/mol. The highest BCUT2D eigenvalue weighted by atomic mass is 35.5. The maximum absolute atomic E-state index is 5.38. The van der Waals surface area contributed by atoms with Gasteiger partial charge in [0.2, 0.25) is 0 Å². The average Bonchev–Trinajstić information content (AvgIpc) is 2.38. The van der Waals surface area contributed by atoms with E-state index in [0.29, 0.717) is 0 Å². The number of hydrogen-bond donors (Lipinski definition) is 0. The van der Waals surface area contributed by atoms with Crippen molar-refractivity contribution in [3.63, 3.8) is 0 Å². The summed E-state index contributed by atoms with van der Waals surface area (Å²) in [5, 5.41) is 0. The van der Waals surface area contributed by atoms with E-state index in [0.717, 1.165) is 21.4 Å². The van der Waals surface area contributed by atoms with E-state index in [-0.39, 0.29) is 0 Å². The lowest BCUT2D eigenvalue weighted by atomic mass is 10.2. The van der Waals surface area contributed by atoms with Crippen molar-refractivity contribution < 1.29 is 0 Å². The molecule has 0 bridgehead atoms. The normalized spacial score (nSPS) is 9.35. The molecule has 0 spiro atoms. The molecule has 0 heterocycles. The first-order valence-corrected chi connectivity index (χ1v) is 7.97. The molecule has 0 aliphatic rings. The molecular formula is C14H21ClS2. The zero-order chi connectivity index (χ0) is 12.9. The summed E-state index contributed by atoms with van der Waals surface area (Å²) in [7, 11) is 0.